The highest BCUT2D eigenvalue weighted by atomic mass is 79.9. The van der Waals surface area contributed by atoms with Crippen molar-refractivity contribution in [3.8, 4) is 22.9 Å². The van der Waals surface area contributed by atoms with Crippen molar-refractivity contribution in [3.63, 3.8) is 0 Å². The first-order valence-electron chi connectivity index (χ1n) is 14.1. The lowest BCUT2D eigenvalue weighted by Crippen LogP contribution is -2.16. The summed E-state index contributed by atoms with van der Waals surface area (Å²) in [5, 5.41) is 4.30. The van der Waals surface area contributed by atoms with Crippen LogP contribution in [0.3, 0.4) is 0 Å². The minimum Gasteiger partial charge on any atom is -0.490 e. The third-order valence-corrected chi connectivity index (χ3v) is 8.17. The summed E-state index contributed by atoms with van der Waals surface area (Å²) in [6.45, 7) is 6.54. The Morgan fingerprint density at radius 1 is 1.00 bits per heavy atom. The molecule has 5 aromatic rings. The lowest BCUT2D eigenvalue weighted by atomic mass is 10.2. The molecule has 2 heterocycles. The summed E-state index contributed by atoms with van der Waals surface area (Å²) in [5.74, 6) is 0.998. The Bertz CT molecular complexity index is 1810. The summed E-state index contributed by atoms with van der Waals surface area (Å²) >= 11 is 10.1. The molecule has 5 rings (SSSR count). The predicted molar refractivity (Wildman–Crippen MR) is 174 cm³/mol. The van der Waals surface area contributed by atoms with Gasteiger partial charge >= 0.3 is 5.91 Å². The van der Waals surface area contributed by atoms with E-state index in [1.54, 1.807) is 30.3 Å². The minimum atomic E-state index is -0.540. The van der Waals surface area contributed by atoms with Gasteiger partial charge in [0.05, 0.1) is 12.8 Å². The molecule has 0 spiro atoms. The van der Waals surface area contributed by atoms with E-state index >= 15 is 0 Å². The van der Waals surface area contributed by atoms with Gasteiger partial charge in [-0.05, 0) is 109 Å². The number of carbonyl (C=O) groups is 1. The van der Waals surface area contributed by atoms with Gasteiger partial charge in [0, 0.05) is 27.1 Å². The third-order valence-electron chi connectivity index (χ3n) is 6.73. The Kier molecular flexibility index (Phi) is 10.3. The third kappa shape index (κ3) is 7.76. The number of furan rings is 1. The molecule has 232 valence electrons. The number of nitrogens with one attached hydrogen (secondary N) is 1. The number of carbonyl (C=O) groups excluding carboxylic acids is 1. The molecule has 0 atom stereocenters. The molecular formula is C34H30BrClFN3O5. The maximum absolute atomic E-state index is 13.6. The summed E-state index contributed by atoms with van der Waals surface area (Å²) in [6, 6.07) is 22.9. The van der Waals surface area contributed by atoms with Gasteiger partial charge in [0.1, 0.15) is 35.6 Å². The molecule has 0 aliphatic carbocycles. The van der Waals surface area contributed by atoms with Crippen LogP contribution < -0.4 is 19.6 Å². The second kappa shape index (κ2) is 14.5. The van der Waals surface area contributed by atoms with Crippen LogP contribution in [0.4, 0.5) is 4.39 Å². The number of hydrogen-bond donors (Lipinski definition) is 1. The van der Waals surface area contributed by atoms with Gasteiger partial charge in [0.15, 0.2) is 17.3 Å². The summed E-state index contributed by atoms with van der Waals surface area (Å²) in [7, 11) is 0. The number of hydrogen-bond acceptors (Lipinski definition) is 6. The van der Waals surface area contributed by atoms with Crippen LogP contribution >= 0.6 is 27.5 Å². The molecule has 0 aliphatic heterocycles. The van der Waals surface area contributed by atoms with Crippen molar-refractivity contribution in [3.05, 3.63) is 128 Å². The first-order valence-corrected chi connectivity index (χ1v) is 15.2. The first kappa shape index (κ1) is 31.9. The van der Waals surface area contributed by atoms with Gasteiger partial charge in [-0.2, -0.15) is 5.10 Å². The fourth-order valence-corrected chi connectivity index (χ4v) is 5.25. The average Bonchev–Trinajstić information content (AvgIpc) is 3.64. The molecule has 8 nitrogen and oxygen atoms in total. The van der Waals surface area contributed by atoms with Crippen molar-refractivity contribution >= 4 is 39.7 Å². The van der Waals surface area contributed by atoms with Crippen molar-refractivity contribution in [1.82, 2.24) is 9.99 Å². The van der Waals surface area contributed by atoms with Gasteiger partial charge < -0.3 is 23.2 Å². The van der Waals surface area contributed by atoms with Crippen molar-refractivity contribution in [2.75, 3.05) is 6.61 Å². The van der Waals surface area contributed by atoms with Crippen molar-refractivity contribution in [2.45, 2.75) is 34.0 Å². The molecule has 2 aromatic heterocycles. The summed E-state index contributed by atoms with van der Waals surface area (Å²) in [5.41, 5.74) is 6.97. The summed E-state index contributed by atoms with van der Waals surface area (Å²) in [6.07, 6.45) is 1.42. The monoisotopic (exact) mass is 693 g/mol. The van der Waals surface area contributed by atoms with Crippen LogP contribution in [0.5, 0.6) is 17.2 Å². The van der Waals surface area contributed by atoms with Gasteiger partial charge in [-0.15, -0.1) is 0 Å². The van der Waals surface area contributed by atoms with Crippen LogP contribution in [0.1, 0.15) is 45.8 Å². The summed E-state index contributed by atoms with van der Waals surface area (Å²) in [4.78, 5) is 12.7. The van der Waals surface area contributed by atoms with Crippen LogP contribution in [-0.4, -0.2) is 23.3 Å². The molecule has 1 amide bonds. The number of halogens is 3. The molecule has 0 saturated carbocycles. The van der Waals surface area contributed by atoms with Crippen molar-refractivity contribution < 1.29 is 27.8 Å². The second-order valence-electron chi connectivity index (χ2n) is 9.97. The number of ether oxygens (including phenoxy) is 3. The Labute approximate surface area is 273 Å². The highest BCUT2D eigenvalue weighted by Gasteiger charge is 2.18. The maximum Gasteiger partial charge on any atom is 0.307 e. The normalized spacial score (nSPS) is 11.2. The zero-order valence-corrected chi connectivity index (χ0v) is 27.1. The number of aryl methyl sites for hydroxylation is 2. The number of nitrogens with zero attached hydrogens (tertiary/aromatic N) is 2. The molecule has 1 N–H and O–H groups in total. The van der Waals surface area contributed by atoms with E-state index in [9.17, 15) is 9.18 Å². The average molecular weight is 695 g/mol. The molecule has 45 heavy (non-hydrogen) atoms. The zero-order valence-electron chi connectivity index (χ0n) is 24.8. The summed E-state index contributed by atoms with van der Waals surface area (Å²) < 4.78 is 39.3. The van der Waals surface area contributed by atoms with E-state index in [1.807, 2.05) is 31.2 Å². The second-order valence-corrected chi connectivity index (χ2v) is 11.1. The highest BCUT2D eigenvalue weighted by Crippen LogP contribution is 2.42. The van der Waals surface area contributed by atoms with Crippen LogP contribution in [-0.2, 0) is 13.2 Å². The number of amides is 1. The van der Waals surface area contributed by atoms with E-state index in [1.165, 1.54) is 18.3 Å². The molecule has 3 aromatic carbocycles. The van der Waals surface area contributed by atoms with Crippen LogP contribution in [0.25, 0.3) is 5.69 Å². The number of benzene rings is 3. The van der Waals surface area contributed by atoms with Gasteiger partial charge in [0.25, 0.3) is 0 Å². The van der Waals surface area contributed by atoms with E-state index in [4.69, 9.17) is 30.2 Å². The van der Waals surface area contributed by atoms with E-state index in [2.05, 4.69) is 57.0 Å². The highest BCUT2D eigenvalue weighted by molar-refractivity contribution is 9.10. The molecule has 11 heteroatoms. The van der Waals surface area contributed by atoms with Gasteiger partial charge in [0.2, 0.25) is 0 Å². The quantitative estimate of drug-likeness (QED) is 0.104. The van der Waals surface area contributed by atoms with E-state index in [-0.39, 0.29) is 29.8 Å². The Morgan fingerprint density at radius 3 is 2.47 bits per heavy atom. The maximum atomic E-state index is 13.6. The fraction of sp³-hybridized carbons (Fsp3) is 0.176. The van der Waals surface area contributed by atoms with Gasteiger partial charge in [-0.3, -0.25) is 4.79 Å². The zero-order chi connectivity index (χ0) is 31.9. The number of rotatable bonds is 12. The lowest BCUT2D eigenvalue weighted by molar-refractivity contribution is 0.0923. The predicted octanol–water partition coefficient (Wildman–Crippen LogP) is 8.56. The van der Waals surface area contributed by atoms with Gasteiger partial charge in [-0.25, -0.2) is 9.82 Å². The fourth-order valence-electron chi connectivity index (χ4n) is 4.59. The van der Waals surface area contributed by atoms with Gasteiger partial charge in [-0.1, -0.05) is 23.7 Å². The first-order chi connectivity index (χ1) is 21.7. The smallest absolute Gasteiger partial charge is 0.307 e. The van der Waals surface area contributed by atoms with Crippen molar-refractivity contribution in [2.24, 2.45) is 5.10 Å². The topological polar surface area (TPSA) is 87.2 Å². The molecule has 0 aliphatic rings. The SMILES string of the molecule is CCOc1cc(/C=N/NC(=O)c2ccc(COc3ccc(-n4c(C)ccc4C)cc3)o2)c(Br)c(Cl)c1OCc1cccc(F)c1. The Balaban J connectivity index is 1.19. The van der Waals surface area contributed by atoms with E-state index < -0.39 is 5.91 Å². The molecule has 0 unspecified atom stereocenters. The van der Waals surface area contributed by atoms with Crippen molar-refractivity contribution in [1.29, 1.82) is 0 Å². The molecular weight excluding hydrogens is 665 g/mol. The largest absolute Gasteiger partial charge is 0.490 e. The van der Waals surface area contributed by atoms with E-state index in [0.717, 1.165) is 17.1 Å². The Hall–Kier alpha value is -4.54. The number of hydrazone groups is 1. The molecule has 0 radical (unpaired) electrons. The van der Waals surface area contributed by atoms with Crippen LogP contribution in [0.15, 0.2) is 92.9 Å². The van der Waals surface area contributed by atoms with E-state index in [0.29, 0.717) is 45.2 Å². The number of aromatic nitrogens is 1. The van der Waals surface area contributed by atoms with Crippen LogP contribution in [0, 0.1) is 19.7 Å². The lowest BCUT2D eigenvalue weighted by Gasteiger charge is -2.16. The minimum absolute atomic E-state index is 0.0767. The molecule has 0 fully saturated rings. The molecule has 0 saturated heterocycles. The standard InChI is InChI=1S/C34H30BrClFN3O5/c1-4-42-30-17-24(31(35)32(36)33(30)44-19-23-6-5-7-25(37)16-23)18-38-39-34(41)29-15-14-28(45-29)20-43-27-12-10-26(11-13-27)40-21(2)8-9-22(40)3/h5-18H,4,19-20H2,1-3H3,(H,39,41)/b38-18+. The van der Waals surface area contributed by atoms with Crippen LogP contribution in [0.2, 0.25) is 5.02 Å². The Morgan fingerprint density at radius 2 is 1.76 bits per heavy atom. The molecule has 0 bridgehead atoms.